The first-order valence-electron chi connectivity index (χ1n) is 4.65. The molecule has 0 radical (unpaired) electrons. The van der Waals surface area contributed by atoms with E-state index in [9.17, 15) is 0 Å². The van der Waals surface area contributed by atoms with Crippen LogP contribution in [-0.2, 0) is 13.6 Å². The van der Waals surface area contributed by atoms with E-state index < -0.39 is 0 Å². The lowest BCUT2D eigenvalue weighted by atomic mass is 10.3. The van der Waals surface area contributed by atoms with Crippen molar-refractivity contribution in [3.63, 3.8) is 0 Å². The van der Waals surface area contributed by atoms with Gasteiger partial charge in [-0.25, -0.2) is 4.98 Å². The highest BCUT2D eigenvalue weighted by atomic mass is 32.1. The van der Waals surface area contributed by atoms with Crippen LogP contribution in [0.2, 0.25) is 0 Å². The molecule has 16 heavy (non-hydrogen) atoms. The minimum absolute atomic E-state index is 0.497. The number of rotatable bonds is 3. The monoisotopic (exact) mass is 234 g/mol. The Morgan fingerprint density at radius 3 is 3.06 bits per heavy atom. The first-order valence-corrected chi connectivity index (χ1v) is 5.43. The van der Waals surface area contributed by atoms with Crippen molar-refractivity contribution in [2.45, 2.75) is 13.5 Å². The molecule has 0 aliphatic rings. The normalized spacial score (nSPS) is 10.1. The van der Waals surface area contributed by atoms with Crippen molar-refractivity contribution in [1.82, 2.24) is 19.1 Å². The fraction of sp³-hybridized carbons (Fsp3) is 0.333. The van der Waals surface area contributed by atoms with Crippen LogP contribution in [0.25, 0.3) is 0 Å². The van der Waals surface area contributed by atoms with Gasteiger partial charge in [0.15, 0.2) is 5.82 Å². The molecule has 0 saturated carbocycles. The molecule has 2 heterocycles. The standard InChI is InChI=1S/C9H10N6S/c1-6-7(3-10)9(16-14-6)11-4-8-12-5-15(2)13-8/h5,11H,4H2,1-2H3. The lowest BCUT2D eigenvalue weighted by Crippen LogP contribution is -2.02. The number of nitrogens with zero attached hydrogens (tertiary/aromatic N) is 5. The van der Waals surface area contributed by atoms with Crippen LogP contribution in [-0.4, -0.2) is 19.1 Å². The molecule has 2 rings (SSSR count). The van der Waals surface area contributed by atoms with Gasteiger partial charge in [-0.1, -0.05) is 0 Å². The summed E-state index contributed by atoms with van der Waals surface area (Å²) in [5, 5.41) is 16.9. The van der Waals surface area contributed by atoms with Crippen LogP contribution >= 0.6 is 11.5 Å². The molecule has 0 atom stereocenters. The topological polar surface area (TPSA) is 79.4 Å². The minimum atomic E-state index is 0.497. The van der Waals surface area contributed by atoms with Crippen LogP contribution in [0.15, 0.2) is 6.33 Å². The molecule has 1 N–H and O–H groups in total. The smallest absolute Gasteiger partial charge is 0.169 e. The lowest BCUT2D eigenvalue weighted by molar-refractivity contribution is 0.747. The Kier molecular flexibility index (Phi) is 2.83. The molecule has 0 saturated heterocycles. The predicted octanol–water partition coefficient (Wildman–Crippen LogP) is 1.06. The summed E-state index contributed by atoms with van der Waals surface area (Å²) in [6.45, 7) is 2.32. The molecule has 2 aromatic heterocycles. The van der Waals surface area contributed by atoms with Gasteiger partial charge in [-0.15, -0.1) is 0 Å². The zero-order chi connectivity index (χ0) is 11.5. The summed E-state index contributed by atoms with van der Waals surface area (Å²) in [7, 11) is 1.81. The maximum atomic E-state index is 8.93. The molecule has 0 spiro atoms. The summed E-state index contributed by atoms with van der Waals surface area (Å²) in [5.41, 5.74) is 1.35. The Labute approximate surface area is 96.7 Å². The summed E-state index contributed by atoms with van der Waals surface area (Å²) >= 11 is 1.28. The average molecular weight is 234 g/mol. The molecule has 0 unspecified atom stereocenters. The third kappa shape index (κ3) is 2.01. The van der Waals surface area contributed by atoms with Crippen molar-refractivity contribution < 1.29 is 0 Å². The Balaban J connectivity index is 2.08. The van der Waals surface area contributed by atoms with Crippen LogP contribution in [0, 0.1) is 18.3 Å². The molecule has 0 bridgehead atoms. The van der Waals surface area contributed by atoms with E-state index in [0.29, 0.717) is 17.9 Å². The molecular weight excluding hydrogens is 224 g/mol. The maximum Gasteiger partial charge on any atom is 0.169 e. The Morgan fingerprint density at radius 1 is 1.62 bits per heavy atom. The minimum Gasteiger partial charge on any atom is -0.367 e. The molecule has 0 amide bonds. The molecule has 82 valence electrons. The van der Waals surface area contributed by atoms with Crippen LogP contribution in [0.4, 0.5) is 5.00 Å². The Hall–Kier alpha value is -1.94. The van der Waals surface area contributed by atoms with E-state index in [4.69, 9.17) is 5.26 Å². The average Bonchev–Trinajstić information content (AvgIpc) is 2.82. The van der Waals surface area contributed by atoms with Gasteiger partial charge in [0, 0.05) is 7.05 Å². The van der Waals surface area contributed by atoms with Crippen molar-refractivity contribution in [2.24, 2.45) is 7.05 Å². The summed E-state index contributed by atoms with van der Waals surface area (Å²) in [6, 6.07) is 2.12. The highest BCUT2D eigenvalue weighted by molar-refractivity contribution is 7.10. The zero-order valence-corrected chi connectivity index (χ0v) is 9.75. The molecule has 6 nitrogen and oxygen atoms in total. The van der Waals surface area contributed by atoms with Gasteiger partial charge < -0.3 is 5.32 Å². The molecule has 7 heteroatoms. The third-order valence-electron chi connectivity index (χ3n) is 2.03. The van der Waals surface area contributed by atoms with E-state index in [1.165, 1.54) is 11.5 Å². The largest absolute Gasteiger partial charge is 0.367 e. The van der Waals surface area contributed by atoms with Crippen molar-refractivity contribution in [3.8, 4) is 6.07 Å². The van der Waals surface area contributed by atoms with Gasteiger partial charge in [0.2, 0.25) is 0 Å². The quantitative estimate of drug-likeness (QED) is 0.859. The van der Waals surface area contributed by atoms with Gasteiger partial charge in [-0.05, 0) is 18.5 Å². The second-order valence-electron chi connectivity index (χ2n) is 3.27. The molecule has 0 fully saturated rings. The highest BCUT2D eigenvalue weighted by Gasteiger charge is 2.10. The number of hydrogen-bond donors (Lipinski definition) is 1. The van der Waals surface area contributed by atoms with Crippen molar-refractivity contribution in [2.75, 3.05) is 5.32 Å². The first kappa shape index (κ1) is 10.6. The highest BCUT2D eigenvalue weighted by Crippen LogP contribution is 2.23. The summed E-state index contributed by atoms with van der Waals surface area (Å²) in [6.07, 6.45) is 1.64. The predicted molar refractivity (Wildman–Crippen MR) is 59.9 cm³/mol. The molecule has 0 aliphatic carbocycles. The molecular formula is C9H10N6S. The number of aryl methyl sites for hydroxylation is 2. The number of aromatic nitrogens is 4. The zero-order valence-electron chi connectivity index (χ0n) is 8.93. The van der Waals surface area contributed by atoms with Gasteiger partial charge in [0.05, 0.1) is 12.2 Å². The second kappa shape index (κ2) is 4.28. The molecule has 0 aromatic carbocycles. The molecule has 2 aromatic rings. The van der Waals surface area contributed by atoms with E-state index >= 15 is 0 Å². The Morgan fingerprint density at radius 2 is 2.44 bits per heavy atom. The fourth-order valence-electron chi connectivity index (χ4n) is 1.25. The Bertz CT molecular complexity index is 534. The van der Waals surface area contributed by atoms with Gasteiger partial charge in [0.25, 0.3) is 0 Å². The van der Waals surface area contributed by atoms with Crippen molar-refractivity contribution >= 4 is 16.5 Å². The van der Waals surface area contributed by atoms with Crippen molar-refractivity contribution in [1.29, 1.82) is 5.26 Å². The van der Waals surface area contributed by atoms with Crippen LogP contribution in [0.1, 0.15) is 17.1 Å². The van der Waals surface area contributed by atoms with Crippen LogP contribution in [0.3, 0.4) is 0 Å². The van der Waals surface area contributed by atoms with E-state index in [1.54, 1.807) is 11.0 Å². The summed E-state index contributed by atoms with van der Waals surface area (Å²) in [5.74, 6) is 0.692. The van der Waals surface area contributed by atoms with E-state index in [2.05, 4.69) is 25.8 Å². The lowest BCUT2D eigenvalue weighted by Gasteiger charge is -1.99. The summed E-state index contributed by atoms with van der Waals surface area (Å²) < 4.78 is 5.75. The van der Waals surface area contributed by atoms with Crippen LogP contribution < -0.4 is 5.32 Å². The fourth-order valence-corrected chi connectivity index (χ4v) is 1.99. The molecule has 0 aliphatic heterocycles. The number of anilines is 1. The van der Waals surface area contributed by atoms with Crippen molar-refractivity contribution in [3.05, 3.63) is 23.4 Å². The van der Waals surface area contributed by atoms with E-state index in [1.807, 2.05) is 14.0 Å². The van der Waals surface area contributed by atoms with Gasteiger partial charge in [-0.3, -0.25) is 4.68 Å². The first-order chi connectivity index (χ1) is 7.70. The van der Waals surface area contributed by atoms with Gasteiger partial charge >= 0.3 is 0 Å². The second-order valence-corrected chi connectivity index (χ2v) is 4.05. The number of nitriles is 1. The van der Waals surface area contributed by atoms with E-state index in [0.717, 1.165) is 10.7 Å². The summed E-state index contributed by atoms with van der Waals surface area (Å²) in [4.78, 5) is 4.08. The van der Waals surface area contributed by atoms with Gasteiger partial charge in [-0.2, -0.15) is 14.7 Å². The maximum absolute atomic E-state index is 8.93. The number of hydrogen-bond acceptors (Lipinski definition) is 6. The SMILES string of the molecule is Cc1nsc(NCc2ncn(C)n2)c1C#N. The third-order valence-corrected chi connectivity index (χ3v) is 2.92. The van der Waals surface area contributed by atoms with E-state index in [-0.39, 0.29) is 0 Å². The van der Waals surface area contributed by atoms with Gasteiger partial charge in [0.1, 0.15) is 23.0 Å². The van der Waals surface area contributed by atoms with Crippen LogP contribution in [0.5, 0.6) is 0 Å². The number of nitrogens with one attached hydrogen (secondary N) is 1.